The Morgan fingerprint density at radius 3 is 0.533 bits per heavy atom. The largest absolute Gasteiger partial charge is 0.380 e. The number of nitrogens with two attached hydrogens (primary N) is 4. The molecule has 0 aliphatic heterocycles. The van der Waals surface area contributed by atoms with Gasteiger partial charge in [-0.1, -0.05) is 55.4 Å². The zero-order chi connectivity index (χ0) is 47.4. The molecular weight excluding hydrogens is 857 g/mol. The number of methoxy groups -OCH3 is 4. The van der Waals surface area contributed by atoms with Gasteiger partial charge in [-0.3, -0.25) is 0 Å². The molecule has 0 bridgehead atoms. The van der Waals surface area contributed by atoms with Gasteiger partial charge in [-0.15, -0.1) is 0 Å². The van der Waals surface area contributed by atoms with Gasteiger partial charge in [-0.2, -0.15) is 0 Å². The maximum Gasteiger partial charge on any atom is 0.214 e. The van der Waals surface area contributed by atoms with E-state index >= 15 is 0 Å². The van der Waals surface area contributed by atoms with Crippen molar-refractivity contribution in [2.75, 3.05) is 28.4 Å². The van der Waals surface area contributed by atoms with Crippen molar-refractivity contribution in [1.82, 2.24) is 0 Å². The smallest absolute Gasteiger partial charge is 0.214 e. The number of hydrogen-bond donors (Lipinski definition) is 4. The number of ether oxygens (including phenoxy) is 4. The first-order chi connectivity index (χ1) is 26.7. The summed E-state index contributed by atoms with van der Waals surface area (Å²) in [6.45, 7) is 23.9. The van der Waals surface area contributed by atoms with Crippen molar-refractivity contribution in [3.8, 4) is 0 Å². The molecule has 0 aromatic carbocycles. The summed E-state index contributed by atoms with van der Waals surface area (Å²) < 4.78 is 111. The fraction of sp³-hybridized carbons (Fsp3) is 1.00. The van der Waals surface area contributed by atoms with E-state index in [4.69, 9.17) is 39.5 Å². The van der Waals surface area contributed by atoms with E-state index in [1.165, 1.54) is 0 Å². The molecule has 4 aliphatic rings. The lowest BCUT2D eigenvalue weighted by molar-refractivity contribution is -0.0368. The minimum Gasteiger partial charge on any atom is -0.380 e. The zero-order valence-corrected chi connectivity index (χ0v) is 42.7. The lowest BCUT2D eigenvalue weighted by Crippen LogP contribution is -2.48. The topological polar surface area (TPSA) is 278 Å². The highest BCUT2D eigenvalue weighted by Gasteiger charge is 2.47. The van der Waals surface area contributed by atoms with E-state index in [1.807, 2.05) is 0 Å². The van der Waals surface area contributed by atoms with Gasteiger partial charge in [0.2, 0.25) is 40.1 Å². The third-order valence-corrected chi connectivity index (χ3v) is 18.6. The molecule has 0 heterocycles. The number of sulfonamides is 4. The van der Waals surface area contributed by atoms with Crippen molar-refractivity contribution < 1.29 is 52.6 Å². The molecule has 0 aromatic rings. The second-order valence-electron chi connectivity index (χ2n) is 21.3. The average Bonchev–Trinajstić information content (AvgIpc) is 3.01. The van der Waals surface area contributed by atoms with Crippen molar-refractivity contribution in [3.05, 3.63) is 0 Å². The van der Waals surface area contributed by atoms with E-state index in [0.717, 1.165) is 51.4 Å². The van der Waals surface area contributed by atoms with Crippen LogP contribution in [0.1, 0.15) is 134 Å². The normalized spacial score (nSPS) is 25.7. The predicted octanol–water partition coefficient (Wildman–Crippen LogP) is 4.46. The van der Waals surface area contributed by atoms with Crippen LogP contribution in [-0.4, -0.2) is 108 Å². The Kier molecular flexibility index (Phi) is 20.3. The average molecular weight is 941 g/mol. The van der Waals surface area contributed by atoms with E-state index in [0.29, 0.717) is 45.3 Å². The highest BCUT2D eigenvalue weighted by atomic mass is 32.2. The molecule has 0 amide bonds. The van der Waals surface area contributed by atoms with Crippen molar-refractivity contribution in [2.45, 2.75) is 180 Å². The minimum absolute atomic E-state index is 0.270. The summed E-state index contributed by atoms with van der Waals surface area (Å²) in [5.41, 5.74) is 1.28. The first-order valence-corrected chi connectivity index (χ1v) is 27.3. The first-order valence-electron chi connectivity index (χ1n) is 20.9. The van der Waals surface area contributed by atoms with Crippen molar-refractivity contribution in [1.29, 1.82) is 0 Å². The van der Waals surface area contributed by atoms with Gasteiger partial charge >= 0.3 is 0 Å². The van der Waals surface area contributed by atoms with Crippen LogP contribution >= 0.6 is 0 Å². The van der Waals surface area contributed by atoms with Gasteiger partial charge in [0.25, 0.3) is 0 Å². The fourth-order valence-electron chi connectivity index (χ4n) is 10.2. The van der Waals surface area contributed by atoms with Crippen LogP contribution in [-0.2, 0) is 59.0 Å². The van der Waals surface area contributed by atoms with Crippen LogP contribution in [0.2, 0.25) is 0 Å². The lowest BCUT2D eigenvalue weighted by atomic mass is 9.62. The highest BCUT2D eigenvalue weighted by molar-refractivity contribution is 7.90. The van der Waals surface area contributed by atoms with Gasteiger partial charge in [0, 0.05) is 28.4 Å². The molecule has 0 saturated heterocycles. The van der Waals surface area contributed by atoms with E-state index < -0.39 is 61.1 Å². The zero-order valence-electron chi connectivity index (χ0n) is 39.4. The summed E-state index contributed by atoms with van der Waals surface area (Å²) in [6.07, 6.45) is 6.96. The van der Waals surface area contributed by atoms with Crippen molar-refractivity contribution in [2.24, 2.45) is 65.9 Å². The summed E-state index contributed by atoms with van der Waals surface area (Å²) in [5.74, 6) is 1.27. The molecule has 20 heteroatoms. The Bertz CT molecular complexity index is 1530. The van der Waals surface area contributed by atoms with Crippen LogP contribution in [0.15, 0.2) is 0 Å². The molecule has 0 aromatic heterocycles. The Morgan fingerprint density at radius 1 is 0.350 bits per heavy atom. The van der Waals surface area contributed by atoms with Gasteiger partial charge in [0.05, 0.1) is 45.4 Å². The molecule has 4 rings (SSSR count). The molecule has 4 fully saturated rings. The first kappa shape index (κ1) is 57.5. The molecular formula is C40H84N4O12S4. The van der Waals surface area contributed by atoms with Crippen LogP contribution < -0.4 is 20.6 Å². The standard InChI is InChI=1S/4C10H21NO3S/c4*1-7(15(11,12)13)9(14-4)8-5-10(2,3)6-8/h4*7-9H,5-6H2,1-4H3,(H2,11,12,13)/t2*7-,9+;2*7-,9-/m1010/s1. The second-order valence-corrected chi connectivity index (χ2v) is 29.0. The van der Waals surface area contributed by atoms with Crippen LogP contribution in [0, 0.1) is 45.3 Å². The molecule has 360 valence electrons. The molecule has 60 heavy (non-hydrogen) atoms. The van der Waals surface area contributed by atoms with Gasteiger partial charge < -0.3 is 18.9 Å². The van der Waals surface area contributed by atoms with E-state index in [2.05, 4.69) is 55.4 Å². The number of hydrogen-bond acceptors (Lipinski definition) is 12. The minimum atomic E-state index is -3.50. The predicted molar refractivity (Wildman–Crippen MR) is 239 cm³/mol. The van der Waals surface area contributed by atoms with Gasteiger partial charge in [-0.25, -0.2) is 54.2 Å². The lowest BCUT2D eigenvalue weighted by Gasteiger charge is -2.47. The van der Waals surface area contributed by atoms with Crippen molar-refractivity contribution in [3.63, 3.8) is 0 Å². The molecule has 8 N–H and O–H groups in total. The summed E-state index contributed by atoms with van der Waals surface area (Å²) in [6, 6.07) is 0. The Hall–Kier alpha value is -0.520. The molecule has 0 radical (unpaired) electrons. The molecule has 4 aliphatic carbocycles. The summed E-state index contributed by atoms with van der Waals surface area (Å²) in [4.78, 5) is 0. The summed E-state index contributed by atoms with van der Waals surface area (Å²) >= 11 is 0. The van der Waals surface area contributed by atoms with Crippen LogP contribution in [0.5, 0.6) is 0 Å². The van der Waals surface area contributed by atoms with E-state index in [9.17, 15) is 33.7 Å². The van der Waals surface area contributed by atoms with Gasteiger partial charge in [0.15, 0.2) is 0 Å². The van der Waals surface area contributed by atoms with E-state index in [-0.39, 0.29) is 24.4 Å². The molecule has 16 nitrogen and oxygen atoms in total. The molecule has 8 atom stereocenters. The Morgan fingerprint density at radius 2 is 0.467 bits per heavy atom. The summed E-state index contributed by atoms with van der Waals surface area (Å²) in [7, 11) is -7.78. The quantitative estimate of drug-likeness (QED) is 0.167. The Labute approximate surface area is 365 Å². The second kappa shape index (κ2) is 21.2. The molecule has 0 unspecified atom stereocenters. The van der Waals surface area contributed by atoms with Gasteiger partial charge in [0.1, 0.15) is 0 Å². The third kappa shape index (κ3) is 17.1. The third-order valence-electron chi connectivity index (χ3n) is 13.4. The van der Waals surface area contributed by atoms with Gasteiger partial charge in [-0.05, 0) is 124 Å². The number of rotatable bonds is 16. The van der Waals surface area contributed by atoms with Crippen molar-refractivity contribution >= 4 is 40.1 Å². The van der Waals surface area contributed by atoms with E-state index in [1.54, 1.807) is 56.1 Å². The SMILES string of the molecule is CO[C@@H](C1CC(C)(C)C1)[C@@H](C)S(N)(=O)=O.CO[C@@H](C1CC(C)(C)C1)[C@H](C)S(N)(=O)=O.CO[C@H](C1CC(C)(C)C1)[C@@H](C)S(N)(=O)=O.CO[C@H](C1CC(C)(C)C1)[C@H](C)S(N)(=O)=O. The maximum absolute atomic E-state index is 11.2. The van der Waals surface area contributed by atoms with Crippen LogP contribution in [0.4, 0.5) is 0 Å². The number of primary sulfonamides is 4. The maximum atomic E-state index is 11.2. The van der Waals surface area contributed by atoms with Crippen LogP contribution in [0.3, 0.4) is 0 Å². The monoisotopic (exact) mass is 940 g/mol. The molecule has 0 spiro atoms. The Balaban J connectivity index is 0.000000400. The molecule has 4 saturated carbocycles. The fourth-order valence-corrected chi connectivity index (χ4v) is 13.0. The summed E-state index contributed by atoms with van der Waals surface area (Å²) in [5, 5.41) is 18.0. The van der Waals surface area contributed by atoms with Crippen LogP contribution in [0.25, 0.3) is 0 Å². The highest BCUT2D eigenvalue weighted by Crippen LogP contribution is 2.50.